The summed E-state index contributed by atoms with van der Waals surface area (Å²) in [4.78, 5) is 2.56. The number of hydrogen-bond acceptors (Lipinski definition) is 5. The van der Waals surface area contributed by atoms with Crippen molar-refractivity contribution in [2.24, 2.45) is 5.92 Å². The Bertz CT molecular complexity index is 709. The first kappa shape index (κ1) is 18.9. The second kappa shape index (κ2) is 9.17. The predicted octanol–water partition coefficient (Wildman–Crippen LogP) is 2.35. The van der Waals surface area contributed by atoms with Crippen LogP contribution >= 0.6 is 11.6 Å². The lowest BCUT2D eigenvalue weighted by molar-refractivity contribution is 0.00137. The second-order valence-corrected chi connectivity index (χ2v) is 7.68. The van der Waals surface area contributed by atoms with E-state index in [1.165, 1.54) is 5.56 Å². The summed E-state index contributed by atoms with van der Waals surface area (Å²) in [6, 6.07) is 8.21. The highest BCUT2D eigenvalue weighted by Crippen LogP contribution is 2.22. The van der Waals surface area contributed by atoms with Crippen LogP contribution in [0, 0.1) is 5.92 Å². The molecule has 27 heavy (non-hydrogen) atoms. The number of rotatable bonds is 7. The van der Waals surface area contributed by atoms with Gasteiger partial charge in [0.25, 0.3) is 0 Å². The Morgan fingerprint density at radius 2 is 1.96 bits per heavy atom. The van der Waals surface area contributed by atoms with Gasteiger partial charge in [-0.3, -0.25) is 4.90 Å². The molecule has 2 aliphatic rings. The first-order valence-corrected chi connectivity index (χ1v) is 10.1. The molecule has 146 valence electrons. The molecule has 2 saturated heterocycles. The van der Waals surface area contributed by atoms with Gasteiger partial charge in [-0.2, -0.15) is 5.10 Å². The molecule has 7 heteroatoms. The quantitative estimate of drug-likeness (QED) is 0.786. The number of aromatic nitrogens is 2. The maximum absolute atomic E-state index is 5.96. The lowest BCUT2D eigenvalue weighted by Gasteiger charge is -2.37. The van der Waals surface area contributed by atoms with Crippen molar-refractivity contribution >= 4 is 11.6 Å². The van der Waals surface area contributed by atoms with E-state index in [0.29, 0.717) is 12.0 Å². The molecule has 0 amide bonds. The van der Waals surface area contributed by atoms with Crippen LogP contribution in [0.2, 0.25) is 5.02 Å². The van der Waals surface area contributed by atoms with Crippen molar-refractivity contribution in [1.82, 2.24) is 20.0 Å². The Kier molecular flexibility index (Phi) is 6.42. The predicted molar refractivity (Wildman–Crippen MR) is 105 cm³/mol. The molecule has 0 aliphatic carbocycles. The number of halogens is 1. The smallest absolute Gasteiger partial charge is 0.0646 e. The Morgan fingerprint density at radius 1 is 1.15 bits per heavy atom. The number of nitrogens with one attached hydrogen (secondary N) is 1. The Labute approximate surface area is 165 Å². The number of nitrogens with zero attached hydrogens (tertiary/aromatic N) is 3. The fourth-order valence-electron chi connectivity index (χ4n) is 3.91. The third-order valence-electron chi connectivity index (χ3n) is 5.43. The number of ether oxygens (including phenoxy) is 2. The highest BCUT2D eigenvalue weighted by molar-refractivity contribution is 6.30. The molecular formula is C20H27ClN4O2. The van der Waals surface area contributed by atoms with Crippen LogP contribution in [0.4, 0.5) is 0 Å². The van der Waals surface area contributed by atoms with Crippen LogP contribution in [0.25, 0.3) is 5.69 Å². The molecule has 0 unspecified atom stereocenters. The topological polar surface area (TPSA) is 51.5 Å². The van der Waals surface area contributed by atoms with Crippen molar-refractivity contribution < 1.29 is 9.47 Å². The van der Waals surface area contributed by atoms with Crippen LogP contribution in [-0.4, -0.2) is 66.8 Å². The summed E-state index contributed by atoms with van der Waals surface area (Å²) in [6.45, 7) is 7.21. The van der Waals surface area contributed by atoms with Crippen molar-refractivity contribution in [3.05, 3.63) is 47.2 Å². The van der Waals surface area contributed by atoms with E-state index in [1.54, 1.807) is 0 Å². The van der Waals surface area contributed by atoms with Crippen LogP contribution in [0.5, 0.6) is 0 Å². The molecule has 3 heterocycles. The minimum Gasteiger partial charge on any atom is -0.381 e. The standard InChI is InChI=1S/C20H27ClN4O2/c21-18-1-3-19(4-2-18)25-14-16(12-23-25)11-22-13-20(17-5-8-27-15-17)24-6-9-26-10-7-24/h1-4,12,14,17,20,22H,5-11,13,15H2/t17-,20-/m1/s1. The molecule has 0 saturated carbocycles. The number of hydrogen-bond donors (Lipinski definition) is 1. The van der Waals surface area contributed by atoms with Crippen molar-refractivity contribution in [2.75, 3.05) is 46.1 Å². The van der Waals surface area contributed by atoms with Crippen molar-refractivity contribution in [1.29, 1.82) is 0 Å². The second-order valence-electron chi connectivity index (χ2n) is 7.24. The lowest BCUT2D eigenvalue weighted by atomic mass is 9.97. The molecule has 1 aromatic carbocycles. The van der Waals surface area contributed by atoms with E-state index < -0.39 is 0 Å². The average Bonchev–Trinajstić information content (AvgIpc) is 3.39. The molecule has 1 N–H and O–H groups in total. The molecule has 2 atom stereocenters. The minimum atomic E-state index is 0.503. The maximum Gasteiger partial charge on any atom is 0.0646 e. The molecule has 0 bridgehead atoms. The van der Waals surface area contributed by atoms with Gasteiger partial charge in [-0.25, -0.2) is 4.68 Å². The summed E-state index contributed by atoms with van der Waals surface area (Å²) < 4.78 is 13.1. The van der Waals surface area contributed by atoms with Gasteiger partial charge in [-0.05, 0) is 30.7 Å². The zero-order valence-corrected chi connectivity index (χ0v) is 16.3. The maximum atomic E-state index is 5.96. The van der Waals surface area contributed by atoms with E-state index >= 15 is 0 Å². The van der Waals surface area contributed by atoms with Crippen LogP contribution in [0.3, 0.4) is 0 Å². The summed E-state index contributed by atoms with van der Waals surface area (Å²) in [7, 11) is 0. The van der Waals surface area contributed by atoms with E-state index in [4.69, 9.17) is 21.1 Å². The Hall–Kier alpha value is -1.44. The molecular weight excluding hydrogens is 364 g/mol. The molecule has 2 fully saturated rings. The SMILES string of the molecule is Clc1ccc(-n2cc(CNC[C@H]([C@@H]3CCOC3)N3CCOCC3)cn2)cc1. The first-order chi connectivity index (χ1) is 13.3. The van der Waals surface area contributed by atoms with E-state index in [0.717, 1.165) is 69.7 Å². The Morgan fingerprint density at radius 3 is 2.70 bits per heavy atom. The highest BCUT2D eigenvalue weighted by atomic mass is 35.5. The lowest BCUT2D eigenvalue weighted by Crippen LogP contribution is -2.51. The Balaban J connectivity index is 1.33. The fraction of sp³-hybridized carbons (Fsp3) is 0.550. The van der Waals surface area contributed by atoms with Gasteiger partial charge in [-0.1, -0.05) is 11.6 Å². The average molecular weight is 391 g/mol. The van der Waals surface area contributed by atoms with Gasteiger partial charge in [0, 0.05) is 61.5 Å². The first-order valence-electron chi connectivity index (χ1n) is 9.69. The van der Waals surface area contributed by atoms with Crippen LogP contribution in [0.1, 0.15) is 12.0 Å². The summed E-state index contributed by atoms with van der Waals surface area (Å²) in [6.07, 6.45) is 5.14. The van der Waals surface area contributed by atoms with E-state index in [2.05, 4.69) is 21.5 Å². The zero-order chi connectivity index (χ0) is 18.5. The molecule has 2 aromatic rings. The summed E-state index contributed by atoms with van der Waals surface area (Å²) >= 11 is 5.96. The van der Waals surface area contributed by atoms with Gasteiger partial charge in [0.15, 0.2) is 0 Å². The van der Waals surface area contributed by atoms with Gasteiger partial charge in [0.1, 0.15) is 0 Å². The van der Waals surface area contributed by atoms with E-state index in [1.807, 2.05) is 35.1 Å². The monoisotopic (exact) mass is 390 g/mol. The van der Waals surface area contributed by atoms with E-state index in [-0.39, 0.29) is 0 Å². The molecule has 1 aromatic heterocycles. The number of morpholine rings is 1. The van der Waals surface area contributed by atoms with Gasteiger partial charge in [0.05, 0.1) is 31.7 Å². The normalized spacial score (nSPS) is 22.2. The molecule has 0 radical (unpaired) electrons. The fourth-order valence-corrected chi connectivity index (χ4v) is 4.04. The van der Waals surface area contributed by atoms with Gasteiger partial charge < -0.3 is 14.8 Å². The minimum absolute atomic E-state index is 0.503. The third-order valence-corrected chi connectivity index (χ3v) is 5.69. The van der Waals surface area contributed by atoms with Crippen molar-refractivity contribution in [3.8, 4) is 5.69 Å². The largest absolute Gasteiger partial charge is 0.381 e. The molecule has 0 spiro atoms. The van der Waals surface area contributed by atoms with Crippen molar-refractivity contribution in [3.63, 3.8) is 0 Å². The van der Waals surface area contributed by atoms with Crippen molar-refractivity contribution in [2.45, 2.75) is 19.0 Å². The summed E-state index contributed by atoms with van der Waals surface area (Å²) in [5.41, 5.74) is 2.19. The van der Waals surface area contributed by atoms with Crippen LogP contribution in [0.15, 0.2) is 36.7 Å². The summed E-state index contributed by atoms with van der Waals surface area (Å²) in [5.74, 6) is 0.604. The third kappa shape index (κ3) is 4.89. The van der Waals surface area contributed by atoms with Crippen LogP contribution < -0.4 is 5.32 Å². The zero-order valence-electron chi connectivity index (χ0n) is 15.5. The van der Waals surface area contributed by atoms with Gasteiger partial charge in [0.2, 0.25) is 0 Å². The van der Waals surface area contributed by atoms with Gasteiger partial charge >= 0.3 is 0 Å². The number of benzene rings is 1. The molecule has 2 aliphatic heterocycles. The van der Waals surface area contributed by atoms with Gasteiger partial charge in [-0.15, -0.1) is 0 Å². The van der Waals surface area contributed by atoms with Crippen LogP contribution in [-0.2, 0) is 16.0 Å². The summed E-state index contributed by atoms with van der Waals surface area (Å²) in [5, 5.41) is 8.84. The molecule has 4 rings (SSSR count). The van der Waals surface area contributed by atoms with E-state index in [9.17, 15) is 0 Å². The molecule has 6 nitrogen and oxygen atoms in total. The highest BCUT2D eigenvalue weighted by Gasteiger charge is 2.31.